The molecule has 0 saturated carbocycles. The van der Waals surface area contributed by atoms with Gasteiger partial charge in [0.1, 0.15) is 5.82 Å². The van der Waals surface area contributed by atoms with Gasteiger partial charge in [0, 0.05) is 23.6 Å². The molecule has 0 aliphatic carbocycles. The monoisotopic (exact) mass is 257 g/mol. The van der Waals surface area contributed by atoms with Crippen molar-refractivity contribution < 1.29 is 14.3 Å². The maximum absolute atomic E-state index is 12.9. The van der Waals surface area contributed by atoms with E-state index in [4.69, 9.17) is 5.11 Å². The summed E-state index contributed by atoms with van der Waals surface area (Å²) in [7, 11) is 0. The highest BCUT2D eigenvalue weighted by Gasteiger charge is 2.07. The fraction of sp³-hybridized carbons (Fsp3) is 0.417. The van der Waals surface area contributed by atoms with E-state index in [9.17, 15) is 9.18 Å². The molecule has 0 heterocycles. The minimum Gasteiger partial charge on any atom is -0.396 e. The predicted molar refractivity (Wildman–Crippen MR) is 66.9 cm³/mol. The molecule has 17 heavy (non-hydrogen) atoms. The first-order valence-electron chi connectivity index (χ1n) is 5.52. The van der Waals surface area contributed by atoms with Crippen molar-refractivity contribution in [3.05, 3.63) is 29.6 Å². The predicted octanol–water partition coefficient (Wildman–Crippen LogP) is 2.01. The SMILES string of the molecule is O=C(NCCCCCO)c1ccc(F)c(S)c1. The van der Waals surface area contributed by atoms with Crippen molar-refractivity contribution in [2.45, 2.75) is 24.2 Å². The molecule has 0 aromatic heterocycles. The van der Waals surface area contributed by atoms with E-state index in [1.54, 1.807) is 0 Å². The van der Waals surface area contributed by atoms with Crippen LogP contribution < -0.4 is 5.32 Å². The molecule has 0 fully saturated rings. The molecular weight excluding hydrogens is 241 g/mol. The Morgan fingerprint density at radius 1 is 1.35 bits per heavy atom. The van der Waals surface area contributed by atoms with Gasteiger partial charge in [0.2, 0.25) is 0 Å². The maximum atomic E-state index is 12.9. The first-order chi connectivity index (χ1) is 8.15. The standard InChI is InChI=1S/C12H16FNO2S/c13-10-5-4-9(8-11(10)17)12(16)14-6-2-1-3-7-15/h4-5,8,15,17H,1-3,6-7H2,(H,14,16). The lowest BCUT2D eigenvalue weighted by atomic mass is 10.2. The summed E-state index contributed by atoms with van der Waals surface area (Å²) in [6.45, 7) is 0.729. The number of benzene rings is 1. The average molecular weight is 257 g/mol. The van der Waals surface area contributed by atoms with E-state index in [2.05, 4.69) is 17.9 Å². The van der Waals surface area contributed by atoms with Crippen LogP contribution in [0.25, 0.3) is 0 Å². The first kappa shape index (κ1) is 14.0. The van der Waals surface area contributed by atoms with Crippen LogP contribution in [-0.2, 0) is 0 Å². The van der Waals surface area contributed by atoms with Gasteiger partial charge in [0.15, 0.2) is 0 Å². The molecule has 0 spiro atoms. The van der Waals surface area contributed by atoms with Gasteiger partial charge in [-0.2, -0.15) is 0 Å². The fourth-order valence-corrected chi connectivity index (χ4v) is 1.59. The zero-order valence-corrected chi connectivity index (χ0v) is 10.3. The second-order valence-corrected chi connectivity index (χ2v) is 4.19. The quantitative estimate of drug-likeness (QED) is 0.539. The van der Waals surface area contributed by atoms with Crippen molar-refractivity contribution in [2.75, 3.05) is 13.2 Å². The number of nitrogens with one attached hydrogen (secondary N) is 1. The van der Waals surface area contributed by atoms with Crippen LogP contribution in [0.3, 0.4) is 0 Å². The lowest BCUT2D eigenvalue weighted by Crippen LogP contribution is -2.24. The van der Waals surface area contributed by atoms with Gasteiger partial charge in [-0.15, -0.1) is 12.6 Å². The number of hydrogen-bond acceptors (Lipinski definition) is 3. The zero-order valence-electron chi connectivity index (χ0n) is 9.45. The highest BCUT2D eigenvalue weighted by Crippen LogP contribution is 2.14. The lowest BCUT2D eigenvalue weighted by molar-refractivity contribution is 0.0952. The van der Waals surface area contributed by atoms with Crippen LogP contribution >= 0.6 is 12.6 Å². The van der Waals surface area contributed by atoms with Gasteiger partial charge >= 0.3 is 0 Å². The highest BCUT2D eigenvalue weighted by molar-refractivity contribution is 7.80. The van der Waals surface area contributed by atoms with Crippen molar-refractivity contribution in [1.29, 1.82) is 0 Å². The number of halogens is 1. The van der Waals surface area contributed by atoms with Gasteiger partial charge in [0.25, 0.3) is 5.91 Å². The number of amides is 1. The molecule has 1 rings (SSSR count). The number of carbonyl (C=O) groups is 1. The Bertz CT molecular complexity index is 385. The molecule has 1 amide bonds. The van der Waals surface area contributed by atoms with E-state index >= 15 is 0 Å². The molecule has 0 aliphatic heterocycles. The lowest BCUT2D eigenvalue weighted by Gasteiger charge is -2.05. The molecule has 94 valence electrons. The Labute approximate surface area is 105 Å². The summed E-state index contributed by atoms with van der Waals surface area (Å²) in [5.74, 6) is -0.669. The summed E-state index contributed by atoms with van der Waals surface area (Å²) in [5.41, 5.74) is 0.401. The van der Waals surface area contributed by atoms with Gasteiger partial charge in [-0.3, -0.25) is 4.79 Å². The van der Waals surface area contributed by atoms with Gasteiger partial charge in [-0.05, 0) is 37.5 Å². The van der Waals surface area contributed by atoms with E-state index in [0.29, 0.717) is 12.1 Å². The van der Waals surface area contributed by atoms with E-state index in [1.165, 1.54) is 18.2 Å². The largest absolute Gasteiger partial charge is 0.396 e. The molecule has 0 unspecified atom stereocenters. The third kappa shape index (κ3) is 4.75. The summed E-state index contributed by atoms with van der Waals surface area (Å²) in [5, 5.41) is 11.3. The highest BCUT2D eigenvalue weighted by atomic mass is 32.1. The second kappa shape index (κ2) is 7.29. The fourth-order valence-electron chi connectivity index (χ4n) is 1.37. The topological polar surface area (TPSA) is 49.3 Å². The summed E-state index contributed by atoms with van der Waals surface area (Å²) >= 11 is 3.92. The summed E-state index contributed by atoms with van der Waals surface area (Å²) in [6, 6.07) is 4.06. The molecule has 1 aromatic rings. The molecule has 1 aromatic carbocycles. The van der Waals surface area contributed by atoms with Crippen LogP contribution in [0.4, 0.5) is 4.39 Å². The minimum absolute atomic E-state index is 0.165. The Hall–Kier alpha value is -1.07. The Kier molecular flexibility index (Phi) is 6.00. The molecule has 0 atom stereocenters. The molecule has 0 saturated heterocycles. The van der Waals surface area contributed by atoms with Gasteiger partial charge in [0.05, 0.1) is 0 Å². The van der Waals surface area contributed by atoms with E-state index in [0.717, 1.165) is 19.3 Å². The maximum Gasteiger partial charge on any atom is 0.251 e. The van der Waals surface area contributed by atoms with Crippen LogP contribution in [0.5, 0.6) is 0 Å². The summed E-state index contributed by atoms with van der Waals surface area (Å²) in [6.07, 6.45) is 2.44. The van der Waals surface area contributed by atoms with Crippen molar-refractivity contribution in [3.63, 3.8) is 0 Å². The van der Waals surface area contributed by atoms with Crippen LogP contribution in [0.2, 0.25) is 0 Å². The Morgan fingerprint density at radius 3 is 2.76 bits per heavy atom. The van der Waals surface area contributed by atoms with Crippen LogP contribution in [0.1, 0.15) is 29.6 Å². The van der Waals surface area contributed by atoms with Gasteiger partial charge in [-0.1, -0.05) is 0 Å². The Balaban J connectivity index is 2.39. The molecule has 0 radical (unpaired) electrons. The van der Waals surface area contributed by atoms with Crippen molar-refractivity contribution >= 4 is 18.5 Å². The number of thiol groups is 1. The third-order valence-electron chi connectivity index (χ3n) is 2.33. The Morgan fingerprint density at radius 2 is 2.12 bits per heavy atom. The van der Waals surface area contributed by atoms with E-state index < -0.39 is 5.82 Å². The van der Waals surface area contributed by atoms with Crippen molar-refractivity contribution in [3.8, 4) is 0 Å². The molecular formula is C12H16FNO2S. The molecule has 0 aliphatic rings. The molecule has 3 nitrogen and oxygen atoms in total. The number of carbonyl (C=O) groups excluding carboxylic acids is 1. The number of rotatable bonds is 6. The summed E-state index contributed by atoms with van der Waals surface area (Å²) < 4.78 is 12.9. The van der Waals surface area contributed by atoms with Crippen LogP contribution in [0.15, 0.2) is 23.1 Å². The zero-order chi connectivity index (χ0) is 12.7. The van der Waals surface area contributed by atoms with Gasteiger partial charge in [-0.25, -0.2) is 4.39 Å². The number of hydrogen-bond donors (Lipinski definition) is 3. The van der Waals surface area contributed by atoms with Crippen molar-refractivity contribution in [2.24, 2.45) is 0 Å². The second-order valence-electron chi connectivity index (χ2n) is 3.71. The number of aliphatic hydroxyl groups excluding tert-OH is 1. The van der Waals surface area contributed by atoms with Crippen molar-refractivity contribution in [1.82, 2.24) is 5.32 Å². The smallest absolute Gasteiger partial charge is 0.251 e. The first-order valence-corrected chi connectivity index (χ1v) is 5.97. The van der Waals surface area contributed by atoms with Crippen LogP contribution in [0, 0.1) is 5.82 Å². The average Bonchev–Trinajstić information content (AvgIpc) is 2.32. The van der Waals surface area contributed by atoms with Crippen LogP contribution in [-0.4, -0.2) is 24.2 Å². The van der Waals surface area contributed by atoms with E-state index in [1.807, 2.05) is 0 Å². The molecule has 0 bridgehead atoms. The van der Waals surface area contributed by atoms with Gasteiger partial charge < -0.3 is 10.4 Å². The number of aliphatic hydroxyl groups is 1. The number of unbranched alkanes of at least 4 members (excludes halogenated alkanes) is 2. The molecule has 2 N–H and O–H groups in total. The normalized spacial score (nSPS) is 10.3. The minimum atomic E-state index is -0.437. The summed E-state index contributed by atoms with van der Waals surface area (Å²) in [4.78, 5) is 11.8. The molecule has 5 heteroatoms. The van der Waals surface area contributed by atoms with E-state index in [-0.39, 0.29) is 17.4 Å². The third-order valence-corrected chi connectivity index (χ3v) is 2.67.